The molecular formula is C24H28FN3O7. The molecule has 0 bridgehead atoms. The lowest BCUT2D eigenvalue weighted by atomic mass is 9.77. The van der Waals surface area contributed by atoms with Crippen molar-refractivity contribution in [3.05, 3.63) is 65.5 Å². The molecule has 0 aromatic heterocycles. The van der Waals surface area contributed by atoms with Gasteiger partial charge in [0, 0.05) is 24.8 Å². The van der Waals surface area contributed by atoms with Crippen molar-refractivity contribution >= 4 is 17.7 Å². The monoisotopic (exact) mass is 489 g/mol. The smallest absolute Gasteiger partial charge is 0.252 e. The Morgan fingerprint density at radius 1 is 1.17 bits per heavy atom. The van der Waals surface area contributed by atoms with Gasteiger partial charge in [0.05, 0.1) is 19.3 Å². The summed E-state index contributed by atoms with van der Waals surface area (Å²) in [4.78, 5) is 37.5. The van der Waals surface area contributed by atoms with E-state index in [2.05, 4.69) is 10.6 Å². The van der Waals surface area contributed by atoms with Crippen molar-refractivity contribution < 1.29 is 38.8 Å². The zero-order valence-corrected chi connectivity index (χ0v) is 19.0. The van der Waals surface area contributed by atoms with Crippen LogP contribution in [-0.2, 0) is 16.0 Å². The molecule has 1 aliphatic rings. The van der Waals surface area contributed by atoms with Crippen LogP contribution in [-0.4, -0.2) is 70.0 Å². The van der Waals surface area contributed by atoms with Crippen LogP contribution in [0.15, 0.2) is 48.5 Å². The lowest BCUT2D eigenvalue weighted by Gasteiger charge is -2.41. The highest BCUT2D eigenvalue weighted by atomic mass is 19.1. The van der Waals surface area contributed by atoms with Gasteiger partial charge in [-0.3, -0.25) is 14.4 Å². The van der Waals surface area contributed by atoms with Gasteiger partial charge in [-0.15, -0.1) is 0 Å². The first-order chi connectivity index (χ1) is 16.5. The summed E-state index contributed by atoms with van der Waals surface area (Å²) in [6.45, 7) is 0. The molecule has 5 unspecified atom stereocenters. The predicted molar refractivity (Wildman–Crippen MR) is 122 cm³/mol. The number of carbonyl (C=O) groups excluding carboxylic acids is 3. The number of aliphatic hydroxyl groups is 3. The highest BCUT2D eigenvalue weighted by Crippen LogP contribution is 2.30. The van der Waals surface area contributed by atoms with E-state index in [1.807, 2.05) is 0 Å². The quantitative estimate of drug-likeness (QED) is 0.287. The van der Waals surface area contributed by atoms with Crippen LogP contribution in [0, 0.1) is 5.82 Å². The topological polar surface area (TPSA) is 171 Å². The Balaban J connectivity index is 1.72. The van der Waals surface area contributed by atoms with Crippen LogP contribution in [0.5, 0.6) is 5.75 Å². The Hall–Kier alpha value is -3.54. The number of carbonyl (C=O) groups is 3. The number of primary amides is 1. The van der Waals surface area contributed by atoms with E-state index in [-0.39, 0.29) is 12.0 Å². The van der Waals surface area contributed by atoms with Crippen molar-refractivity contribution in [1.29, 1.82) is 0 Å². The minimum Gasteiger partial charge on any atom is -0.497 e. The largest absolute Gasteiger partial charge is 0.497 e. The van der Waals surface area contributed by atoms with Crippen molar-refractivity contribution in [2.24, 2.45) is 5.73 Å². The van der Waals surface area contributed by atoms with Crippen LogP contribution >= 0.6 is 0 Å². The molecule has 3 rings (SSSR count). The number of aliphatic hydroxyl groups excluding tert-OH is 2. The Morgan fingerprint density at radius 2 is 1.86 bits per heavy atom. The molecule has 0 heterocycles. The molecule has 1 saturated carbocycles. The van der Waals surface area contributed by atoms with Crippen LogP contribution < -0.4 is 21.1 Å². The molecule has 1 aliphatic carbocycles. The number of nitrogens with two attached hydrogens (primary N) is 1. The maximum atomic E-state index is 13.4. The second kappa shape index (κ2) is 10.8. The summed E-state index contributed by atoms with van der Waals surface area (Å²) < 4.78 is 18.5. The number of benzene rings is 2. The molecule has 5 atom stereocenters. The fourth-order valence-electron chi connectivity index (χ4n) is 4.02. The summed E-state index contributed by atoms with van der Waals surface area (Å²) in [7, 11) is 1.51. The number of amides is 3. The summed E-state index contributed by atoms with van der Waals surface area (Å²) in [5, 5.41) is 36.5. The lowest BCUT2D eigenvalue weighted by molar-refractivity contribution is -0.159. The van der Waals surface area contributed by atoms with E-state index >= 15 is 0 Å². The summed E-state index contributed by atoms with van der Waals surface area (Å²) >= 11 is 0. The maximum Gasteiger partial charge on any atom is 0.252 e. The predicted octanol–water partition coefficient (Wildman–Crippen LogP) is -0.608. The summed E-state index contributed by atoms with van der Waals surface area (Å²) in [6.07, 6.45) is -4.03. The van der Waals surface area contributed by atoms with E-state index in [1.54, 1.807) is 24.3 Å². The third-order valence-electron chi connectivity index (χ3n) is 5.98. The molecule has 7 N–H and O–H groups in total. The normalized spacial score (nSPS) is 24.8. The van der Waals surface area contributed by atoms with Gasteiger partial charge in [0.2, 0.25) is 5.91 Å². The van der Waals surface area contributed by atoms with Crippen LogP contribution in [0.25, 0.3) is 0 Å². The number of nitrogens with one attached hydrogen (secondary N) is 2. The van der Waals surface area contributed by atoms with E-state index in [9.17, 15) is 34.1 Å². The van der Waals surface area contributed by atoms with Gasteiger partial charge in [-0.25, -0.2) is 4.39 Å². The Kier molecular flexibility index (Phi) is 8.05. The Morgan fingerprint density at radius 3 is 2.46 bits per heavy atom. The maximum absolute atomic E-state index is 13.4. The average Bonchev–Trinajstić information content (AvgIpc) is 2.82. The van der Waals surface area contributed by atoms with Gasteiger partial charge in [0.15, 0.2) is 0 Å². The van der Waals surface area contributed by atoms with Crippen LogP contribution in [0.2, 0.25) is 0 Å². The highest BCUT2D eigenvalue weighted by molar-refractivity contribution is 5.95. The summed E-state index contributed by atoms with van der Waals surface area (Å²) in [6, 6.07) is 9.12. The van der Waals surface area contributed by atoms with Gasteiger partial charge in [0.1, 0.15) is 29.3 Å². The second-order valence-electron chi connectivity index (χ2n) is 8.57. The molecule has 188 valence electrons. The van der Waals surface area contributed by atoms with E-state index < -0.39 is 66.3 Å². The first-order valence-corrected chi connectivity index (χ1v) is 10.9. The third kappa shape index (κ3) is 6.32. The molecule has 0 aliphatic heterocycles. The van der Waals surface area contributed by atoms with Crippen molar-refractivity contribution in [2.75, 3.05) is 7.11 Å². The molecule has 0 spiro atoms. The SMILES string of the molecule is COc1ccc(CC(NC(=O)C2(O)CC(O)C(O)C(NC(=O)c3cccc(F)c3)C2)C(N)=O)cc1. The average molecular weight is 490 g/mol. The first-order valence-electron chi connectivity index (χ1n) is 10.9. The second-order valence-corrected chi connectivity index (χ2v) is 8.57. The fourth-order valence-corrected chi connectivity index (χ4v) is 4.02. The summed E-state index contributed by atoms with van der Waals surface area (Å²) in [5.41, 5.74) is 3.84. The first kappa shape index (κ1) is 26.1. The standard InChI is InChI=1S/C24H28FN3O7/c1-35-16-7-5-13(6-8-16)9-17(21(26)31)28-23(33)24(34)11-18(20(30)19(29)12-24)27-22(32)14-3-2-4-15(25)10-14/h2-8,10,17-20,29-30,34H,9,11-12H2,1H3,(H2,26,31)(H,27,32)(H,28,33). The minimum atomic E-state index is -2.23. The number of ether oxygens (including phenoxy) is 1. The van der Waals surface area contributed by atoms with Crippen molar-refractivity contribution in [1.82, 2.24) is 10.6 Å². The van der Waals surface area contributed by atoms with Crippen LogP contribution in [0.3, 0.4) is 0 Å². The van der Waals surface area contributed by atoms with E-state index in [1.165, 1.54) is 19.2 Å². The number of methoxy groups -OCH3 is 1. The van der Waals surface area contributed by atoms with Crippen molar-refractivity contribution in [3.8, 4) is 5.75 Å². The lowest BCUT2D eigenvalue weighted by Crippen LogP contribution is -2.64. The van der Waals surface area contributed by atoms with Crippen molar-refractivity contribution in [2.45, 2.75) is 49.2 Å². The molecule has 0 radical (unpaired) electrons. The molecule has 1 fully saturated rings. The molecule has 0 saturated heterocycles. The molecule has 2 aromatic carbocycles. The Labute approximate surface area is 200 Å². The van der Waals surface area contributed by atoms with Crippen LogP contribution in [0.1, 0.15) is 28.8 Å². The number of halogens is 1. The number of rotatable bonds is 8. The van der Waals surface area contributed by atoms with E-state index in [0.717, 1.165) is 12.1 Å². The van der Waals surface area contributed by atoms with E-state index in [0.29, 0.717) is 11.3 Å². The van der Waals surface area contributed by atoms with Gasteiger partial charge in [-0.2, -0.15) is 0 Å². The molecule has 2 aromatic rings. The zero-order valence-electron chi connectivity index (χ0n) is 19.0. The number of hydrogen-bond acceptors (Lipinski definition) is 7. The zero-order chi connectivity index (χ0) is 25.8. The van der Waals surface area contributed by atoms with E-state index in [4.69, 9.17) is 10.5 Å². The minimum absolute atomic E-state index is 0.0338. The van der Waals surface area contributed by atoms with Gasteiger partial charge >= 0.3 is 0 Å². The third-order valence-corrected chi connectivity index (χ3v) is 5.98. The van der Waals surface area contributed by atoms with Crippen LogP contribution in [0.4, 0.5) is 4.39 Å². The molecular weight excluding hydrogens is 461 g/mol. The fraction of sp³-hybridized carbons (Fsp3) is 0.375. The summed E-state index contributed by atoms with van der Waals surface area (Å²) in [5.74, 6) is -2.65. The molecule has 3 amide bonds. The Bertz CT molecular complexity index is 1080. The molecule has 11 heteroatoms. The van der Waals surface area contributed by atoms with Crippen molar-refractivity contribution in [3.63, 3.8) is 0 Å². The van der Waals surface area contributed by atoms with Gasteiger partial charge in [0.25, 0.3) is 11.8 Å². The van der Waals surface area contributed by atoms with Gasteiger partial charge in [-0.1, -0.05) is 18.2 Å². The number of hydrogen-bond donors (Lipinski definition) is 6. The highest BCUT2D eigenvalue weighted by Gasteiger charge is 2.49. The molecule has 10 nitrogen and oxygen atoms in total. The van der Waals surface area contributed by atoms with Gasteiger partial charge in [-0.05, 0) is 35.9 Å². The molecule has 35 heavy (non-hydrogen) atoms. The van der Waals surface area contributed by atoms with Gasteiger partial charge < -0.3 is 36.4 Å².